The number of halogens is 3. The van der Waals surface area contributed by atoms with Crippen LogP contribution in [-0.4, -0.2) is 28.3 Å². The van der Waals surface area contributed by atoms with Gasteiger partial charge >= 0.3 is 6.18 Å². The number of hydrogen-bond donors (Lipinski definition) is 1. The van der Waals surface area contributed by atoms with Gasteiger partial charge in [-0.05, 0) is 65.7 Å². The summed E-state index contributed by atoms with van der Waals surface area (Å²) < 4.78 is 45.5. The van der Waals surface area contributed by atoms with Crippen LogP contribution in [0.1, 0.15) is 59.9 Å². The molecule has 1 atom stereocenters. The standard InChI is InChI=1S/C28H26F3NO4S/c1-4-36-21-11-10-18(14-20(21)16(2)3)25(33)23-24(22-9-6-12-37-22)32(27(35)26(23)34)15-17-7-5-8-19(13-17)28(29,30)31/h5-14,16,24,33H,4,15H2,1-3H3/b25-23-. The zero-order valence-electron chi connectivity index (χ0n) is 20.5. The molecule has 2 aromatic carbocycles. The number of hydrogen-bond acceptors (Lipinski definition) is 5. The fourth-order valence-electron chi connectivity index (χ4n) is 4.42. The molecule has 194 valence electrons. The summed E-state index contributed by atoms with van der Waals surface area (Å²) in [4.78, 5) is 28.2. The Kier molecular flexibility index (Phi) is 7.45. The molecule has 0 spiro atoms. The maximum atomic E-state index is 13.3. The fourth-order valence-corrected chi connectivity index (χ4v) is 5.26. The summed E-state index contributed by atoms with van der Waals surface area (Å²) in [6.07, 6.45) is -4.54. The first kappa shape index (κ1) is 26.5. The fraction of sp³-hybridized carbons (Fsp3) is 0.286. The van der Waals surface area contributed by atoms with Crippen LogP contribution in [0.4, 0.5) is 13.2 Å². The normalized spacial score (nSPS) is 17.6. The van der Waals surface area contributed by atoms with E-state index in [0.717, 1.165) is 17.7 Å². The molecule has 9 heteroatoms. The molecule has 37 heavy (non-hydrogen) atoms. The number of aliphatic hydroxyl groups is 1. The van der Waals surface area contributed by atoms with E-state index in [2.05, 4.69) is 0 Å². The number of ether oxygens (including phenoxy) is 1. The molecule has 1 aliphatic heterocycles. The molecule has 1 N–H and O–H groups in total. The number of rotatable bonds is 7. The van der Waals surface area contributed by atoms with Crippen molar-refractivity contribution >= 4 is 28.8 Å². The maximum absolute atomic E-state index is 13.3. The average Bonchev–Trinajstić information content (AvgIpc) is 3.46. The van der Waals surface area contributed by atoms with Crippen molar-refractivity contribution in [2.45, 2.75) is 45.5 Å². The number of Topliss-reactive ketones (excluding diaryl/α,β-unsaturated/α-hetero) is 1. The highest BCUT2D eigenvalue weighted by molar-refractivity contribution is 7.10. The second kappa shape index (κ2) is 10.4. The lowest BCUT2D eigenvalue weighted by Crippen LogP contribution is -2.29. The number of ketones is 1. The van der Waals surface area contributed by atoms with Gasteiger partial charge in [0.25, 0.3) is 11.7 Å². The first-order valence-electron chi connectivity index (χ1n) is 11.8. The van der Waals surface area contributed by atoms with E-state index < -0.39 is 29.5 Å². The minimum atomic E-state index is -4.54. The van der Waals surface area contributed by atoms with Crippen LogP contribution in [0.2, 0.25) is 0 Å². The third-order valence-electron chi connectivity index (χ3n) is 6.16. The minimum absolute atomic E-state index is 0.0608. The molecule has 1 fully saturated rings. The van der Waals surface area contributed by atoms with Gasteiger partial charge in [0.1, 0.15) is 11.5 Å². The third-order valence-corrected chi connectivity index (χ3v) is 7.09. The molecule has 1 unspecified atom stereocenters. The van der Waals surface area contributed by atoms with Gasteiger partial charge in [0, 0.05) is 17.0 Å². The SMILES string of the molecule is CCOc1ccc(/C(O)=C2/C(=O)C(=O)N(Cc3cccc(C(F)(F)F)c3)C2c2cccs2)cc1C(C)C. The van der Waals surface area contributed by atoms with Gasteiger partial charge in [-0.3, -0.25) is 9.59 Å². The number of nitrogens with zero attached hydrogens (tertiary/aromatic N) is 1. The smallest absolute Gasteiger partial charge is 0.416 e. The molecule has 2 heterocycles. The number of carbonyl (C=O) groups is 2. The number of benzene rings is 2. The van der Waals surface area contributed by atoms with E-state index in [1.165, 1.54) is 28.4 Å². The van der Waals surface area contributed by atoms with E-state index in [0.29, 0.717) is 22.8 Å². The van der Waals surface area contributed by atoms with Gasteiger partial charge in [0.15, 0.2) is 0 Å². The predicted molar refractivity (Wildman–Crippen MR) is 135 cm³/mol. The molecule has 0 saturated carbocycles. The highest BCUT2D eigenvalue weighted by atomic mass is 32.1. The summed E-state index contributed by atoms with van der Waals surface area (Å²) in [7, 11) is 0. The number of amides is 1. The number of carbonyl (C=O) groups excluding carboxylic acids is 2. The van der Waals surface area contributed by atoms with Crippen LogP contribution in [0.3, 0.4) is 0 Å². The molecule has 1 aromatic heterocycles. The maximum Gasteiger partial charge on any atom is 0.416 e. The molecule has 5 nitrogen and oxygen atoms in total. The van der Waals surface area contributed by atoms with Crippen molar-refractivity contribution < 1.29 is 32.6 Å². The monoisotopic (exact) mass is 529 g/mol. The van der Waals surface area contributed by atoms with Crippen LogP contribution in [0.15, 0.2) is 65.6 Å². The Morgan fingerprint density at radius 1 is 1.11 bits per heavy atom. The first-order chi connectivity index (χ1) is 17.5. The molecule has 0 radical (unpaired) electrons. The Morgan fingerprint density at radius 3 is 2.49 bits per heavy atom. The minimum Gasteiger partial charge on any atom is -0.507 e. The highest BCUT2D eigenvalue weighted by Gasteiger charge is 2.46. The van der Waals surface area contributed by atoms with E-state index in [1.54, 1.807) is 35.7 Å². The molecule has 1 saturated heterocycles. The van der Waals surface area contributed by atoms with Gasteiger partial charge in [0.2, 0.25) is 0 Å². The van der Waals surface area contributed by atoms with E-state index >= 15 is 0 Å². The molecule has 1 aliphatic rings. The number of alkyl halides is 3. The van der Waals surface area contributed by atoms with Gasteiger partial charge in [-0.1, -0.05) is 32.0 Å². The zero-order valence-corrected chi connectivity index (χ0v) is 21.3. The number of likely N-dealkylation sites (tertiary alicyclic amines) is 1. The van der Waals surface area contributed by atoms with Crippen LogP contribution < -0.4 is 4.74 Å². The van der Waals surface area contributed by atoms with Gasteiger partial charge < -0.3 is 14.7 Å². The van der Waals surface area contributed by atoms with Gasteiger partial charge in [-0.15, -0.1) is 11.3 Å². The molecule has 3 aromatic rings. The molecular weight excluding hydrogens is 503 g/mol. The first-order valence-corrected chi connectivity index (χ1v) is 12.7. The van der Waals surface area contributed by atoms with Gasteiger partial charge in [-0.2, -0.15) is 13.2 Å². The number of aliphatic hydroxyl groups excluding tert-OH is 1. The van der Waals surface area contributed by atoms with E-state index in [1.807, 2.05) is 20.8 Å². The summed E-state index contributed by atoms with van der Waals surface area (Å²) in [6.45, 7) is 6.05. The van der Waals surface area contributed by atoms with Gasteiger partial charge in [-0.25, -0.2) is 0 Å². The van der Waals surface area contributed by atoms with E-state index in [9.17, 15) is 27.9 Å². The summed E-state index contributed by atoms with van der Waals surface area (Å²) in [6, 6.07) is 12.3. The quantitative estimate of drug-likeness (QED) is 0.205. The largest absolute Gasteiger partial charge is 0.507 e. The Bertz CT molecular complexity index is 1350. The highest BCUT2D eigenvalue weighted by Crippen LogP contribution is 2.43. The van der Waals surface area contributed by atoms with Crippen LogP contribution in [-0.2, 0) is 22.3 Å². The van der Waals surface area contributed by atoms with Crippen molar-refractivity contribution in [1.29, 1.82) is 0 Å². The Hall–Kier alpha value is -3.59. The molecule has 0 aliphatic carbocycles. The van der Waals surface area contributed by atoms with Crippen LogP contribution >= 0.6 is 11.3 Å². The molecule has 4 rings (SSSR count). The second-order valence-corrected chi connectivity index (χ2v) is 9.96. The van der Waals surface area contributed by atoms with Crippen molar-refractivity contribution in [2.24, 2.45) is 0 Å². The lowest BCUT2D eigenvalue weighted by Gasteiger charge is -2.24. The van der Waals surface area contributed by atoms with Crippen molar-refractivity contribution in [1.82, 2.24) is 4.90 Å². The third kappa shape index (κ3) is 5.27. The molecule has 1 amide bonds. The Balaban J connectivity index is 1.81. The van der Waals surface area contributed by atoms with Crippen molar-refractivity contribution in [3.8, 4) is 5.75 Å². The topological polar surface area (TPSA) is 66.8 Å². The Labute approximate surface area is 216 Å². The van der Waals surface area contributed by atoms with E-state index in [4.69, 9.17) is 4.74 Å². The van der Waals surface area contributed by atoms with Crippen molar-refractivity contribution in [2.75, 3.05) is 6.61 Å². The van der Waals surface area contributed by atoms with Crippen molar-refractivity contribution in [3.63, 3.8) is 0 Å². The molecular formula is C28H26F3NO4S. The summed E-state index contributed by atoms with van der Waals surface area (Å²) in [5.74, 6) is -1.39. The number of thiophene rings is 1. The van der Waals surface area contributed by atoms with Crippen LogP contribution in [0, 0.1) is 0 Å². The van der Waals surface area contributed by atoms with Crippen LogP contribution in [0.5, 0.6) is 5.75 Å². The summed E-state index contributed by atoms with van der Waals surface area (Å²) in [5, 5.41) is 13.1. The van der Waals surface area contributed by atoms with Gasteiger partial charge in [0.05, 0.1) is 23.8 Å². The lowest BCUT2D eigenvalue weighted by molar-refractivity contribution is -0.140. The molecule has 0 bridgehead atoms. The zero-order chi connectivity index (χ0) is 26.9. The van der Waals surface area contributed by atoms with Crippen LogP contribution in [0.25, 0.3) is 5.76 Å². The summed E-state index contributed by atoms with van der Waals surface area (Å²) in [5.41, 5.74) is 0.465. The second-order valence-electron chi connectivity index (χ2n) is 8.98. The predicted octanol–water partition coefficient (Wildman–Crippen LogP) is 6.91. The lowest BCUT2D eigenvalue weighted by atomic mass is 9.95. The van der Waals surface area contributed by atoms with E-state index in [-0.39, 0.29) is 29.4 Å². The average molecular weight is 530 g/mol. The Morgan fingerprint density at radius 2 is 1.86 bits per heavy atom. The summed E-state index contributed by atoms with van der Waals surface area (Å²) >= 11 is 1.29. The van der Waals surface area contributed by atoms with Crippen molar-refractivity contribution in [3.05, 3.63) is 92.7 Å².